The Morgan fingerprint density at radius 1 is 1.21 bits per heavy atom. The normalized spacial score (nSPS) is 13.2. The Balaban J connectivity index is 2.78. The van der Waals surface area contributed by atoms with Crippen LogP contribution in [0, 0.1) is 0 Å². The van der Waals surface area contributed by atoms with Gasteiger partial charge in [0, 0.05) is 12.1 Å². The van der Waals surface area contributed by atoms with Crippen LogP contribution in [0.1, 0.15) is 46.6 Å². The molecule has 0 spiro atoms. The average molecular weight is 265 g/mol. The van der Waals surface area contributed by atoms with Crippen LogP contribution in [-0.2, 0) is 6.54 Å². The zero-order valence-corrected chi connectivity index (χ0v) is 13.0. The third kappa shape index (κ3) is 5.52. The maximum Gasteiger partial charge on any atom is 0.161 e. The first-order valence-electron chi connectivity index (χ1n) is 6.94. The molecule has 0 radical (unpaired) electrons. The van der Waals surface area contributed by atoms with Crippen molar-refractivity contribution in [2.45, 2.75) is 59.2 Å². The van der Waals surface area contributed by atoms with E-state index in [1.807, 2.05) is 12.1 Å². The molecule has 1 N–H and O–H groups in total. The van der Waals surface area contributed by atoms with Crippen molar-refractivity contribution < 1.29 is 9.47 Å². The second-order valence-electron chi connectivity index (χ2n) is 5.93. The number of benzene rings is 1. The molecule has 1 unspecified atom stereocenters. The highest BCUT2D eigenvalue weighted by Gasteiger charge is 2.11. The van der Waals surface area contributed by atoms with Gasteiger partial charge in [-0.2, -0.15) is 0 Å². The molecular formula is C16H27NO2. The van der Waals surface area contributed by atoms with Crippen LogP contribution in [0.5, 0.6) is 11.5 Å². The molecule has 1 aromatic rings. The lowest BCUT2D eigenvalue weighted by atomic mass is 10.1. The monoisotopic (exact) mass is 265 g/mol. The summed E-state index contributed by atoms with van der Waals surface area (Å²) in [4.78, 5) is 0. The number of nitrogens with one attached hydrogen (secondary N) is 1. The Kier molecular flexibility index (Phi) is 5.67. The minimum Gasteiger partial charge on any atom is -0.493 e. The van der Waals surface area contributed by atoms with Crippen molar-refractivity contribution in [2.75, 3.05) is 7.11 Å². The van der Waals surface area contributed by atoms with Gasteiger partial charge in [0.05, 0.1) is 13.2 Å². The van der Waals surface area contributed by atoms with Crippen LogP contribution in [0.2, 0.25) is 0 Å². The van der Waals surface area contributed by atoms with Crippen LogP contribution >= 0.6 is 0 Å². The fourth-order valence-electron chi connectivity index (χ4n) is 1.59. The van der Waals surface area contributed by atoms with Gasteiger partial charge in [0.2, 0.25) is 0 Å². The van der Waals surface area contributed by atoms with Crippen LogP contribution in [-0.4, -0.2) is 18.8 Å². The minimum atomic E-state index is 0.110. The van der Waals surface area contributed by atoms with E-state index in [9.17, 15) is 0 Å². The van der Waals surface area contributed by atoms with E-state index in [4.69, 9.17) is 9.47 Å². The molecule has 0 amide bonds. The fraction of sp³-hybridized carbons (Fsp3) is 0.625. The Bertz CT molecular complexity index is 396. The van der Waals surface area contributed by atoms with Gasteiger partial charge in [-0.15, -0.1) is 0 Å². The molecule has 0 aliphatic carbocycles. The van der Waals surface area contributed by atoms with E-state index >= 15 is 0 Å². The lowest BCUT2D eigenvalue weighted by Crippen LogP contribution is -2.35. The first-order valence-corrected chi connectivity index (χ1v) is 6.94. The lowest BCUT2D eigenvalue weighted by Gasteiger charge is -2.21. The van der Waals surface area contributed by atoms with Crippen LogP contribution in [0.15, 0.2) is 18.2 Å². The molecule has 0 saturated heterocycles. The summed E-state index contributed by atoms with van der Waals surface area (Å²) < 4.78 is 11.3. The Morgan fingerprint density at radius 3 is 2.42 bits per heavy atom. The summed E-state index contributed by atoms with van der Waals surface area (Å²) in [5.74, 6) is 1.62. The number of hydrogen-bond acceptors (Lipinski definition) is 3. The smallest absolute Gasteiger partial charge is 0.161 e. The molecule has 3 heteroatoms. The molecule has 1 rings (SSSR count). The zero-order chi connectivity index (χ0) is 14.5. The Hall–Kier alpha value is -1.22. The van der Waals surface area contributed by atoms with Crippen molar-refractivity contribution in [1.29, 1.82) is 0 Å². The predicted molar refractivity (Wildman–Crippen MR) is 80.0 cm³/mol. The summed E-state index contributed by atoms with van der Waals surface area (Å²) in [5, 5.41) is 3.46. The summed E-state index contributed by atoms with van der Waals surface area (Å²) in [6, 6.07) is 6.11. The molecule has 0 saturated carbocycles. The van der Waals surface area contributed by atoms with Crippen molar-refractivity contribution in [2.24, 2.45) is 0 Å². The molecule has 1 atom stereocenters. The van der Waals surface area contributed by atoms with Gasteiger partial charge in [-0.05, 0) is 51.8 Å². The van der Waals surface area contributed by atoms with Crippen molar-refractivity contribution in [3.63, 3.8) is 0 Å². The Labute approximate surface area is 117 Å². The summed E-state index contributed by atoms with van der Waals surface area (Å²) >= 11 is 0. The van der Waals surface area contributed by atoms with Crippen molar-refractivity contribution in [1.82, 2.24) is 5.32 Å². The first kappa shape index (κ1) is 15.8. The fourth-order valence-corrected chi connectivity index (χ4v) is 1.59. The summed E-state index contributed by atoms with van der Waals surface area (Å²) in [7, 11) is 1.68. The number of rotatable bonds is 6. The molecular weight excluding hydrogens is 238 g/mol. The standard InChI is InChI=1S/C16H27NO2/c1-7-12(2)19-14-9-8-13(10-15(14)18-6)11-17-16(3,4)5/h8-10,12,17H,7,11H2,1-6H3. The zero-order valence-electron chi connectivity index (χ0n) is 13.0. The molecule has 0 heterocycles. The molecule has 0 aliphatic heterocycles. The summed E-state index contributed by atoms with van der Waals surface area (Å²) in [6.07, 6.45) is 1.18. The van der Waals surface area contributed by atoms with Gasteiger partial charge in [-0.1, -0.05) is 13.0 Å². The molecule has 19 heavy (non-hydrogen) atoms. The highest BCUT2D eigenvalue weighted by molar-refractivity contribution is 5.43. The van der Waals surface area contributed by atoms with E-state index < -0.39 is 0 Å². The molecule has 108 valence electrons. The van der Waals surface area contributed by atoms with Crippen LogP contribution in [0.4, 0.5) is 0 Å². The molecule has 0 aliphatic rings. The van der Waals surface area contributed by atoms with Gasteiger partial charge in [0.15, 0.2) is 11.5 Å². The first-order chi connectivity index (χ1) is 8.85. The lowest BCUT2D eigenvalue weighted by molar-refractivity contribution is 0.207. The molecule has 3 nitrogen and oxygen atoms in total. The maximum atomic E-state index is 5.84. The van der Waals surface area contributed by atoms with Gasteiger partial charge < -0.3 is 14.8 Å². The highest BCUT2D eigenvalue weighted by atomic mass is 16.5. The summed E-state index contributed by atoms with van der Waals surface area (Å²) in [6.45, 7) is 11.5. The SMILES string of the molecule is CCC(C)Oc1ccc(CNC(C)(C)C)cc1OC. The van der Waals surface area contributed by atoms with Crippen molar-refractivity contribution >= 4 is 0 Å². The second-order valence-corrected chi connectivity index (χ2v) is 5.93. The third-order valence-corrected chi connectivity index (χ3v) is 2.95. The van der Waals surface area contributed by atoms with E-state index in [0.29, 0.717) is 0 Å². The van der Waals surface area contributed by atoms with Gasteiger partial charge in [-0.3, -0.25) is 0 Å². The Morgan fingerprint density at radius 2 is 1.89 bits per heavy atom. The number of methoxy groups -OCH3 is 1. The molecule has 0 fully saturated rings. The van der Waals surface area contributed by atoms with Crippen LogP contribution in [0.25, 0.3) is 0 Å². The molecule has 0 bridgehead atoms. The highest BCUT2D eigenvalue weighted by Crippen LogP contribution is 2.29. The van der Waals surface area contributed by atoms with Crippen LogP contribution in [0.3, 0.4) is 0 Å². The van der Waals surface area contributed by atoms with E-state index in [2.05, 4.69) is 46.0 Å². The number of hydrogen-bond donors (Lipinski definition) is 1. The van der Waals surface area contributed by atoms with Gasteiger partial charge in [0.25, 0.3) is 0 Å². The van der Waals surface area contributed by atoms with Crippen molar-refractivity contribution in [3.8, 4) is 11.5 Å². The topological polar surface area (TPSA) is 30.5 Å². The predicted octanol–water partition coefficient (Wildman–Crippen LogP) is 3.76. The van der Waals surface area contributed by atoms with E-state index in [0.717, 1.165) is 24.5 Å². The van der Waals surface area contributed by atoms with E-state index in [1.165, 1.54) is 5.56 Å². The van der Waals surface area contributed by atoms with Crippen molar-refractivity contribution in [3.05, 3.63) is 23.8 Å². The summed E-state index contributed by atoms with van der Waals surface area (Å²) in [5.41, 5.74) is 1.31. The van der Waals surface area contributed by atoms with E-state index in [-0.39, 0.29) is 11.6 Å². The van der Waals surface area contributed by atoms with Crippen LogP contribution < -0.4 is 14.8 Å². The van der Waals surface area contributed by atoms with Gasteiger partial charge >= 0.3 is 0 Å². The minimum absolute atomic E-state index is 0.110. The maximum absolute atomic E-state index is 5.84. The van der Waals surface area contributed by atoms with E-state index in [1.54, 1.807) is 7.11 Å². The number of ether oxygens (including phenoxy) is 2. The molecule has 0 aromatic heterocycles. The van der Waals surface area contributed by atoms with Gasteiger partial charge in [0.1, 0.15) is 0 Å². The second kappa shape index (κ2) is 6.80. The largest absolute Gasteiger partial charge is 0.493 e. The quantitative estimate of drug-likeness (QED) is 0.849. The third-order valence-electron chi connectivity index (χ3n) is 2.95. The average Bonchev–Trinajstić information content (AvgIpc) is 2.36. The van der Waals surface area contributed by atoms with Gasteiger partial charge in [-0.25, -0.2) is 0 Å². The molecule has 1 aromatic carbocycles.